The number of hydrogen-bond acceptors (Lipinski definition) is 4. The third-order valence-electron chi connectivity index (χ3n) is 4.44. The van der Waals surface area contributed by atoms with E-state index in [1.807, 2.05) is 20.8 Å². The lowest BCUT2D eigenvalue weighted by Crippen LogP contribution is -2.51. The first-order valence-corrected chi connectivity index (χ1v) is 8.22. The van der Waals surface area contributed by atoms with E-state index >= 15 is 0 Å². The van der Waals surface area contributed by atoms with E-state index in [0.29, 0.717) is 32.0 Å². The average molecular weight is 298 g/mol. The second-order valence-electron chi connectivity index (χ2n) is 6.45. The molecule has 1 saturated carbocycles. The summed E-state index contributed by atoms with van der Waals surface area (Å²) in [4.78, 5) is 25.2. The Morgan fingerprint density at radius 2 is 1.71 bits per heavy atom. The molecule has 21 heavy (non-hydrogen) atoms. The van der Waals surface area contributed by atoms with Gasteiger partial charge in [0, 0.05) is 6.61 Å². The van der Waals surface area contributed by atoms with E-state index in [1.54, 1.807) is 6.92 Å². The van der Waals surface area contributed by atoms with Gasteiger partial charge in [0.2, 0.25) is 0 Å². The third kappa shape index (κ3) is 4.29. The highest BCUT2D eigenvalue weighted by Crippen LogP contribution is 2.38. The lowest BCUT2D eigenvalue weighted by molar-refractivity contribution is -0.167. The molecule has 0 aliphatic heterocycles. The second kappa shape index (κ2) is 7.92. The first kappa shape index (κ1) is 18.1. The Morgan fingerprint density at radius 3 is 2.14 bits per heavy atom. The Balaban J connectivity index is 2.99. The summed E-state index contributed by atoms with van der Waals surface area (Å²) in [5.41, 5.74) is -0.789. The Morgan fingerprint density at radius 1 is 1.14 bits per heavy atom. The zero-order valence-corrected chi connectivity index (χ0v) is 14.1. The van der Waals surface area contributed by atoms with Crippen molar-refractivity contribution in [2.45, 2.75) is 65.9 Å². The summed E-state index contributed by atoms with van der Waals surface area (Å²) >= 11 is 0. The fraction of sp³-hybridized carbons (Fsp3) is 0.882. The molecule has 0 aromatic heterocycles. The zero-order chi connectivity index (χ0) is 16.0. The van der Waals surface area contributed by atoms with Crippen molar-refractivity contribution in [3.63, 3.8) is 0 Å². The van der Waals surface area contributed by atoms with Crippen LogP contribution in [-0.2, 0) is 19.1 Å². The lowest BCUT2D eigenvalue weighted by Gasteiger charge is -2.40. The van der Waals surface area contributed by atoms with Gasteiger partial charge in [-0.1, -0.05) is 20.8 Å². The topological polar surface area (TPSA) is 52.6 Å². The monoisotopic (exact) mass is 298 g/mol. The van der Waals surface area contributed by atoms with Crippen LogP contribution >= 0.6 is 0 Å². The number of esters is 1. The predicted molar refractivity (Wildman–Crippen MR) is 82.0 cm³/mol. The number of hydrogen-bond donors (Lipinski definition) is 0. The van der Waals surface area contributed by atoms with E-state index in [2.05, 4.69) is 6.92 Å². The minimum Gasteiger partial charge on any atom is -0.465 e. The first-order valence-electron chi connectivity index (χ1n) is 8.22. The van der Waals surface area contributed by atoms with Crippen molar-refractivity contribution in [2.75, 3.05) is 13.2 Å². The number of rotatable bonds is 7. The number of carbonyl (C=O) groups excluding carboxylic acids is 2. The van der Waals surface area contributed by atoms with Gasteiger partial charge in [0.25, 0.3) is 0 Å². The van der Waals surface area contributed by atoms with Gasteiger partial charge in [-0.15, -0.1) is 0 Å². The van der Waals surface area contributed by atoms with Crippen molar-refractivity contribution < 1.29 is 19.1 Å². The van der Waals surface area contributed by atoms with Crippen LogP contribution in [0.3, 0.4) is 0 Å². The molecule has 1 rings (SSSR count). The first-order chi connectivity index (χ1) is 9.88. The summed E-state index contributed by atoms with van der Waals surface area (Å²) in [7, 11) is 0. The number of carbonyl (C=O) groups is 2. The summed E-state index contributed by atoms with van der Waals surface area (Å²) in [6, 6.07) is 0. The maximum atomic E-state index is 13.0. The molecule has 0 aromatic carbocycles. The van der Waals surface area contributed by atoms with Gasteiger partial charge in [-0.25, -0.2) is 0 Å². The molecule has 0 amide bonds. The average Bonchev–Trinajstić information content (AvgIpc) is 2.42. The molecule has 1 unspecified atom stereocenters. The minimum absolute atomic E-state index is 0.0757. The maximum Gasteiger partial charge on any atom is 0.316 e. The van der Waals surface area contributed by atoms with Crippen LogP contribution in [0, 0.1) is 17.8 Å². The minimum atomic E-state index is -0.789. The second-order valence-corrected chi connectivity index (χ2v) is 6.45. The van der Waals surface area contributed by atoms with Crippen molar-refractivity contribution in [3.05, 3.63) is 0 Å². The maximum absolute atomic E-state index is 13.0. The summed E-state index contributed by atoms with van der Waals surface area (Å²) in [6.07, 6.45) is 3.37. The molecule has 0 radical (unpaired) electrons. The van der Waals surface area contributed by atoms with E-state index < -0.39 is 17.5 Å². The Bertz CT molecular complexity index is 354. The molecule has 0 heterocycles. The fourth-order valence-corrected chi connectivity index (χ4v) is 3.16. The van der Waals surface area contributed by atoms with E-state index in [0.717, 1.165) is 12.8 Å². The number of Topliss-reactive ketones (excluding diaryl/α,β-unsaturated/α-hetero) is 1. The molecular weight excluding hydrogens is 268 g/mol. The zero-order valence-electron chi connectivity index (χ0n) is 14.1. The number of ether oxygens (including phenoxy) is 2. The van der Waals surface area contributed by atoms with E-state index in [9.17, 15) is 9.59 Å². The molecule has 4 nitrogen and oxygen atoms in total. The molecular formula is C17H30O4. The molecule has 1 fully saturated rings. The molecule has 0 N–H and O–H groups in total. The molecule has 122 valence electrons. The van der Waals surface area contributed by atoms with Crippen molar-refractivity contribution in [3.8, 4) is 0 Å². The molecule has 1 aliphatic carbocycles. The Hall–Kier alpha value is -0.900. The Labute approximate surface area is 128 Å². The molecule has 0 aromatic rings. The molecule has 4 heteroatoms. The molecule has 1 aliphatic rings. The smallest absolute Gasteiger partial charge is 0.316 e. The van der Waals surface area contributed by atoms with Crippen LogP contribution in [0.1, 0.15) is 60.3 Å². The van der Waals surface area contributed by atoms with Gasteiger partial charge in [0.15, 0.2) is 5.78 Å². The predicted octanol–water partition coefficient (Wildman–Crippen LogP) is 3.38. The third-order valence-corrected chi connectivity index (χ3v) is 4.44. The number of ketones is 1. The Kier molecular flexibility index (Phi) is 6.85. The SMILES string of the molecule is CCOC(=O)C(C(=O)C1(OCC)CCC(C)CC1)C(C)C. The van der Waals surface area contributed by atoms with Crippen LogP contribution in [0.5, 0.6) is 0 Å². The van der Waals surface area contributed by atoms with Gasteiger partial charge in [-0.3, -0.25) is 9.59 Å². The molecule has 0 bridgehead atoms. The normalized spacial score (nSPS) is 27.4. The summed E-state index contributed by atoms with van der Waals surface area (Å²) in [6.45, 7) is 10.4. The van der Waals surface area contributed by atoms with Crippen LogP contribution in [0.2, 0.25) is 0 Å². The van der Waals surface area contributed by atoms with E-state index in [1.165, 1.54) is 0 Å². The van der Waals surface area contributed by atoms with Crippen LogP contribution in [0.15, 0.2) is 0 Å². The molecule has 1 atom stereocenters. The molecule has 0 saturated heterocycles. The van der Waals surface area contributed by atoms with Gasteiger partial charge < -0.3 is 9.47 Å². The van der Waals surface area contributed by atoms with Crippen molar-refractivity contribution in [1.82, 2.24) is 0 Å². The van der Waals surface area contributed by atoms with Gasteiger partial charge >= 0.3 is 5.97 Å². The quantitative estimate of drug-likeness (QED) is 0.534. The highest BCUT2D eigenvalue weighted by atomic mass is 16.5. The summed E-state index contributed by atoms with van der Waals surface area (Å²) in [5, 5.41) is 0. The standard InChI is InChI=1S/C17H30O4/c1-6-20-16(19)14(12(3)4)15(18)17(21-7-2)10-8-13(5)9-11-17/h12-14H,6-11H2,1-5H3. The highest BCUT2D eigenvalue weighted by Gasteiger charge is 2.48. The van der Waals surface area contributed by atoms with Crippen LogP contribution in [-0.4, -0.2) is 30.6 Å². The van der Waals surface area contributed by atoms with Gasteiger partial charge in [-0.2, -0.15) is 0 Å². The highest BCUT2D eigenvalue weighted by molar-refractivity contribution is 6.03. The summed E-state index contributed by atoms with van der Waals surface area (Å²) in [5.74, 6) is -0.662. The van der Waals surface area contributed by atoms with E-state index in [-0.39, 0.29) is 11.7 Å². The summed E-state index contributed by atoms with van der Waals surface area (Å²) < 4.78 is 11.0. The van der Waals surface area contributed by atoms with Crippen LogP contribution in [0.4, 0.5) is 0 Å². The van der Waals surface area contributed by atoms with Crippen LogP contribution < -0.4 is 0 Å². The lowest BCUT2D eigenvalue weighted by atomic mass is 9.72. The van der Waals surface area contributed by atoms with Crippen molar-refractivity contribution >= 4 is 11.8 Å². The van der Waals surface area contributed by atoms with Crippen molar-refractivity contribution in [1.29, 1.82) is 0 Å². The fourth-order valence-electron chi connectivity index (χ4n) is 3.16. The van der Waals surface area contributed by atoms with Crippen molar-refractivity contribution in [2.24, 2.45) is 17.8 Å². The molecule has 0 spiro atoms. The largest absolute Gasteiger partial charge is 0.465 e. The van der Waals surface area contributed by atoms with Crippen LogP contribution in [0.25, 0.3) is 0 Å². The van der Waals surface area contributed by atoms with Gasteiger partial charge in [-0.05, 0) is 51.4 Å². The van der Waals surface area contributed by atoms with Gasteiger partial charge in [0.05, 0.1) is 6.61 Å². The van der Waals surface area contributed by atoms with E-state index in [4.69, 9.17) is 9.47 Å². The van der Waals surface area contributed by atoms with Gasteiger partial charge in [0.1, 0.15) is 11.5 Å².